The quantitative estimate of drug-likeness (QED) is 0.796. The van der Waals surface area contributed by atoms with E-state index in [4.69, 9.17) is 18.8 Å². The smallest absolute Gasteiger partial charge is 0.496 e. The maximum absolute atomic E-state index is 6.21. The molecule has 0 saturated carbocycles. The molecule has 2 aromatic rings. The molecule has 0 bridgehead atoms. The summed E-state index contributed by atoms with van der Waals surface area (Å²) in [5, 5.41) is 0. The van der Waals surface area contributed by atoms with Gasteiger partial charge in [0, 0.05) is 16.6 Å². The normalized spacial score (nSPS) is 18.2. The van der Waals surface area contributed by atoms with Crippen LogP contribution in [0.2, 0.25) is 0 Å². The molecule has 1 aliphatic rings. The molecule has 5 heteroatoms. The van der Waals surface area contributed by atoms with E-state index in [0.29, 0.717) is 0 Å². The van der Waals surface area contributed by atoms with Crippen molar-refractivity contribution in [3.63, 3.8) is 0 Å². The van der Waals surface area contributed by atoms with Crippen molar-refractivity contribution in [3.8, 4) is 22.6 Å². The Morgan fingerprint density at radius 3 is 1.96 bits per heavy atom. The first kappa shape index (κ1) is 17.8. The van der Waals surface area contributed by atoms with Gasteiger partial charge in [-0.2, -0.15) is 0 Å². The Balaban J connectivity index is 2.09. The van der Waals surface area contributed by atoms with E-state index in [1.165, 1.54) is 0 Å². The number of benzene rings is 2. The largest absolute Gasteiger partial charge is 0.498 e. The zero-order chi connectivity index (χ0) is 18.2. The Hall–Kier alpha value is -1.98. The van der Waals surface area contributed by atoms with Gasteiger partial charge < -0.3 is 18.8 Å². The summed E-state index contributed by atoms with van der Waals surface area (Å²) in [5.74, 6) is 1.54. The molecule has 1 fully saturated rings. The van der Waals surface area contributed by atoms with Crippen molar-refractivity contribution in [2.24, 2.45) is 0 Å². The molecule has 2 aromatic carbocycles. The highest BCUT2D eigenvalue weighted by Gasteiger charge is 2.52. The van der Waals surface area contributed by atoms with Crippen molar-refractivity contribution in [1.29, 1.82) is 0 Å². The van der Waals surface area contributed by atoms with Crippen LogP contribution in [0.25, 0.3) is 11.1 Å². The summed E-state index contributed by atoms with van der Waals surface area (Å²) in [6, 6.07) is 13.9. The average molecular weight is 340 g/mol. The van der Waals surface area contributed by atoms with Gasteiger partial charge in [0.25, 0.3) is 0 Å². The topological polar surface area (TPSA) is 36.9 Å². The monoisotopic (exact) mass is 340 g/mol. The first-order valence-electron chi connectivity index (χ1n) is 8.46. The molecule has 0 aromatic heterocycles. The van der Waals surface area contributed by atoms with Gasteiger partial charge in [-0.1, -0.05) is 36.4 Å². The number of rotatable bonds is 4. The van der Waals surface area contributed by atoms with E-state index in [1.807, 2.05) is 70.2 Å². The second-order valence-corrected chi connectivity index (χ2v) is 7.22. The predicted octanol–water partition coefficient (Wildman–Crippen LogP) is 3.67. The molecule has 0 radical (unpaired) electrons. The van der Waals surface area contributed by atoms with Crippen molar-refractivity contribution in [2.75, 3.05) is 14.2 Å². The van der Waals surface area contributed by atoms with Crippen LogP contribution in [0.4, 0.5) is 0 Å². The van der Waals surface area contributed by atoms with Crippen LogP contribution in [0, 0.1) is 0 Å². The Labute approximate surface area is 150 Å². The third-order valence-electron chi connectivity index (χ3n) is 5.15. The summed E-state index contributed by atoms with van der Waals surface area (Å²) >= 11 is 0. The Morgan fingerprint density at radius 1 is 0.760 bits per heavy atom. The van der Waals surface area contributed by atoms with Crippen molar-refractivity contribution in [1.82, 2.24) is 0 Å². The lowest BCUT2D eigenvalue weighted by Gasteiger charge is -2.32. The summed E-state index contributed by atoms with van der Waals surface area (Å²) < 4.78 is 23.7. The molecule has 1 heterocycles. The predicted molar refractivity (Wildman–Crippen MR) is 101 cm³/mol. The first-order chi connectivity index (χ1) is 11.8. The summed E-state index contributed by atoms with van der Waals surface area (Å²) in [4.78, 5) is 0. The van der Waals surface area contributed by atoms with Crippen LogP contribution in [0.15, 0.2) is 42.5 Å². The van der Waals surface area contributed by atoms with Gasteiger partial charge in [0.05, 0.1) is 25.4 Å². The maximum Gasteiger partial charge on any atom is 0.498 e. The zero-order valence-corrected chi connectivity index (χ0v) is 15.8. The number of methoxy groups -OCH3 is 2. The molecule has 25 heavy (non-hydrogen) atoms. The minimum absolute atomic E-state index is 0.400. The lowest BCUT2D eigenvalue weighted by molar-refractivity contribution is 0.00578. The van der Waals surface area contributed by atoms with Gasteiger partial charge in [-0.15, -0.1) is 0 Å². The summed E-state index contributed by atoms with van der Waals surface area (Å²) in [6.07, 6.45) is 0. The number of ether oxygens (including phenoxy) is 2. The van der Waals surface area contributed by atoms with Gasteiger partial charge in [-0.05, 0) is 33.8 Å². The molecule has 132 valence electrons. The Morgan fingerprint density at radius 2 is 1.36 bits per heavy atom. The van der Waals surface area contributed by atoms with Gasteiger partial charge in [-0.25, -0.2) is 0 Å². The fourth-order valence-corrected chi connectivity index (χ4v) is 3.02. The fraction of sp³-hybridized carbons (Fsp3) is 0.400. The molecule has 1 saturated heterocycles. The van der Waals surface area contributed by atoms with Crippen molar-refractivity contribution in [3.05, 3.63) is 42.5 Å². The van der Waals surface area contributed by atoms with E-state index in [2.05, 4.69) is 0 Å². The highest BCUT2D eigenvalue weighted by molar-refractivity contribution is 6.63. The van der Waals surface area contributed by atoms with Crippen LogP contribution in [0.3, 0.4) is 0 Å². The van der Waals surface area contributed by atoms with Crippen LogP contribution >= 0.6 is 0 Å². The number of hydrogen-bond donors (Lipinski definition) is 0. The lowest BCUT2D eigenvalue weighted by Crippen LogP contribution is -2.41. The van der Waals surface area contributed by atoms with E-state index in [9.17, 15) is 0 Å². The van der Waals surface area contributed by atoms with Gasteiger partial charge >= 0.3 is 7.12 Å². The van der Waals surface area contributed by atoms with Gasteiger partial charge in [-0.3, -0.25) is 0 Å². The minimum atomic E-state index is -0.477. The molecular weight excluding hydrogens is 315 g/mol. The molecule has 0 N–H and O–H groups in total. The average Bonchev–Trinajstić information content (AvgIpc) is 2.81. The van der Waals surface area contributed by atoms with E-state index in [1.54, 1.807) is 14.2 Å². The molecular formula is C20H25BO4. The van der Waals surface area contributed by atoms with Crippen LogP contribution in [-0.4, -0.2) is 32.5 Å². The molecule has 0 unspecified atom stereocenters. The molecule has 1 aliphatic heterocycles. The molecule has 0 amide bonds. The van der Waals surface area contributed by atoms with E-state index in [-0.39, 0.29) is 0 Å². The van der Waals surface area contributed by atoms with Crippen molar-refractivity contribution < 1.29 is 18.8 Å². The summed E-state index contributed by atoms with van der Waals surface area (Å²) in [5.41, 5.74) is 2.00. The number of para-hydroxylation sites is 2. The van der Waals surface area contributed by atoms with E-state index in [0.717, 1.165) is 28.1 Å². The SMILES string of the molecule is COc1ccccc1-c1cccc(B2OC(C)(C)C(C)(C)O2)c1OC. The molecule has 4 nitrogen and oxygen atoms in total. The van der Waals surface area contributed by atoms with Crippen LogP contribution in [0.5, 0.6) is 11.5 Å². The van der Waals surface area contributed by atoms with Crippen molar-refractivity contribution >= 4 is 12.6 Å². The third-order valence-corrected chi connectivity index (χ3v) is 5.15. The molecule has 0 spiro atoms. The summed E-state index contributed by atoms with van der Waals surface area (Å²) in [6.45, 7) is 8.18. The second-order valence-electron chi connectivity index (χ2n) is 7.22. The summed E-state index contributed by atoms with van der Waals surface area (Å²) in [7, 11) is 2.86. The first-order valence-corrected chi connectivity index (χ1v) is 8.46. The lowest BCUT2D eigenvalue weighted by atomic mass is 9.76. The molecule has 3 rings (SSSR count). The van der Waals surface area contributed by atoms with Crippen molar-refractivity contribution in [2.45, 2.75) is 38.9 Å². The van der Waals surface area contributed by atoms with Gasteiger partial charge in [0.1, 0.15) is 11.5 Å². The van der Waals surface area contributed by atoms with E-state index < -0.39 is 18.3 Å². The van der Waals surface area contributed by atoms with Crippen LogP contribution in [0.1, 0.15) is 27.7 Å². The fourth-order valence-electron chi connectivity index (χ4n) is 3.02. The highest BCUT2D eigenvalue weighted by atomic mass is 16.7. The maximum atomic E-state index is 6.21. The molecule has 0 aliphatic carbocycles. The standard InChI is InChI=1S/C20H25BO4/c1-19(2)20(3,4)25-21(24-19)16-12-9-11-15(18(16)23-6)14-10-7-8-13-17(14)22-5/h7-13H,1-6H3. The van der Waals surface area contributed by atoms with Gasteiger partial charge in [0.15, 0.2) is 0 Å². The van der Waals surface area contributed by atoms with Crippen LogP contribution < -0.4 is 14.9 Å². The van der Waals surface area contributed by atoms with Crippen LogP contribution in [-0.2, 0) is 9.31 Å². The minimum Gasteiger partial charge on any atom is -0.496 e. The van der Waals surface area contributed by atoms with Gasteiger partial charge in [0.2, 0.25) is 0 Å². The zero-order valence-electron chi connectivity index (χ0n) is 15.8. The van der Waals surface area contributed by atoms with E-state index >= 15 is 0 Å². The Bertz CT molecular complexity index is 754. The third kappa shape index (κ3) is 3.03. The number of hydrogen-bond acceptors (Lipinski definition) is 4. The molecule has 0 atom stereocenters. The second kappa shape index (κ2) is 6.39. The Kier molecular flexibility index (Phi) is 4.56. The highest BCUT2D eigenvalue weighted by Crippen LogP contribution is 2.39.